The van der Waals surface area contributed by atoms with Gasteiger partial charge in [-0.3, -0.25) is 11.3 Å². The van der Waals surface area contributed by atoms with E-state index < -0.39 is 0 Å². The molecule has 0 fully saturated rings. The third kappa shape index (κ3) is 5.67. The number of hydrogen-bond donors (Lipinski definition) is 3. The molecule has 5 N–H and O–H groups in total. The van der Waals surface area contributed by atoms with Gasteiger partial charge in [-0.05, 0) is 29.8 Å². The van der Waals surface area contributed by atoms with Gasteiger partial charge in [0.1, 0.15) is 11.5 Å². The van der Waals surface area contributed by atoms with E-state index in [1.165, 1.54) is 0 Å². The Kier molecular flexibility index (Phi) is 6.71. The van der Waals surface area contributed by atoms with E-state index in [0.29, 0.717) is 6.54 Å². The topological polar surface area (TPSA) is 85.7 Å². The normalized spacial score (nSPS) is 9.11. The highest BCUT2D eigenvalue weighted by atomic mass is 16.5. The maximum Gasteiger partial charge on any atom is 0.127 e. The van der Waals surface area contributed by atoms with Gasteiger partial charge in [0.25, 0.3) is 0 Å². The molecule has 2 rings (SSSR count). The number of ether oxygens (including phenoxy) is 1. The number of nitrogens with two attached hydrogens (primary N) is 2. The molecule has 2 aromatic carbocycles. The lowest BCUT2D eigenvalue weighted by Crippen LogP contribution is -2.20. The molecule has 2 aromatic rings. The van der Waals surface area contributed by atoms with Crippen molar-refractivity contribution in [2.75, 3.05) is 0 Å². The van der Waals surface area contributed by atoms with Crippen LogP contribution >= 0.6 is 0 Å². The molecule has 5 heteroatoms. The van der Waals surface area contributed by atoms with Crippen molar-refractivity contribution >= 4 is 6.72 Å². The van der Waals surface area contributed by atoms with E-state index in [9.17, 15) is 0 Å². The molecule has 0 saturated heterocycles. The average Bonchev–Trinajstić information content (AvgIpc) is 2.43. The SMILES string of the molecule is C=NN.NNCc1ccc(Oc2ccccc2)cc1. The minimum atomic E-state index is 0.658. The van der Waals surface area contributed by atoms with Crippen molar-refractivity contribution in [1.82, 2.24) is 5.43 Å². The van der Waals surface area contributed by atoms with E-state index >= 15 is 0 Å². The summed E-state index contributed by atoms with van der Waals surface area (Å²) in [5.41, 5.74) is 3.74. The molecule has 0 heterocycles. The summed E-state index contributed by atoms with van der Waals surface area (Å²) in [5, 5.41) is 2.75. The molecule has 0 radical (unpaired) electrons. The highest BCUT2D eigenvalue weighted by Gasteiger charge is 1.96. The number of hydrazone groups is 1. The van der Waals surface area contributed by atoms with Crippen LogP contribution in [0.3, 0.4) is 0 Å². The Morgan fingerprint density at radius 2 is 1.53 bits per heavy atom. The van der Waals surface area contributed by atoms with Gasteiger partial charge in [0.2, 0.25) is 0 Å². The molecule has 0 saturated carbocycles. The first-order chi connectivity index (χ1) is 9.30. The van der Waals surface area contributed by atoms with Gasteiger partial charge in [0, 0.05) is 13.3 Å². The maximum atomic E-state index is 5.66. The quantitative estimate of drug-likeness (QED) is 0.445. The van der Waals surface area contributed by atoms with Crippen LogP contribution in [0.2, 0.25) is 0 Å². The summed E-state index contributed by atoms with van der Waals surface area (Å²) in [6, 6.07) is 17.5. The summed E-state index contributed by atoms with van der Waals surface area (Å²) >= 11 is 0. The van der Waals surface area contributed by atoms with Crippen molar-refractivity contribution in [2.24, 2.45) is 16.8 Å². The first-order valence-corrected chi connectivity index (χ1v) is 5.71. The van der Waals surface area contributed by atoms with Gasteiger partial charge >= 0.3 is 0 Å². The van der Waals surface area contributed by atoms with Crippen LogP contribution in [-0.4, -0.2) is 6.72 Å². The fourth-order valence-corrected chi connectivity index (χ4v) is 1.42. The Morgan fingerprint density at radius 1 is 1.00 bits per heavy atom. The van der Waals surface area contributed by atoms with Gasteiger partial charge in [0.15, 0.2) is 0 Å². The lowest BCUT2D eigenvalue weighted by Gasteiger charge is -2.06. The number of hydrazine groups is 1. The molecule has 0 amide bonds. The zero-order valence-corrected chi connectivity index (χ0v) is 10.6. The molecule has 5 nitrogen and oxygen atoms in total. The van der Waals surface area contributed by atoms with Crippen molar-refractivity contribution in [2.45, 2.75) is 6.54 Å². The van der Waals surface area contributed by atoms with Crippen molar-refractivity contribution in [3.05, 3.63) is 60.2 Å². The Hall–Kier alpha value is -2.37. The van der Waals surface area contributed by atoms with Crippen molar-refractivity contribution < 1.29 is 4.74 Å². The molecule has 0 aliphatic rings. The average molecular weight is 258 g/mol. The Morgan fingerprint density at radius 3 is 2.05 bits per heavy atom. The number of benzene rings is 2. The Bertz CT molecular complexity index is 471. The van der Waals surface area contributed by atoms with Crippen LogP contribution in [0.25, 0.3) is 0 Å². The van der Waals surface area contributed by atoms with Crippen LogP contribution in [0.4, 0.5) is 0 Å². The monoisotopic (exact) mass is 258 g/mol. The van der Waals surface area contributed by atoms with Gasteiger partial charge in [-0.15, -0.1) is 0 Å². The van der Waals surface area contributed by atoms with Crippen molar-refractivity contribution in [1.29, 1.82) is 0 Å². The highest BCUT2D eigenvalue weighted by Crippen LogP contribution is 2.20. The summed E-state index contributed by atoms with van der Waals surface area (Å²) in [7, 11) is 0. The van der Waals surface area contributed by atoms with E-state index in [-0.39, 0.29) is 0 Å². The second-order valence-corrected chi connectivity index (χ2v) is 3.62. The first kappa shape index (κ1) is 14.7. The summed E-state index contributed by atoms with van der Waals surface area (Å²) in [5.74, 6) is 11.3. The molecule has 19 heavy (non-hydrogen) atoms. The standard InChI is InChI=1S/C13H14N2O.CH4N2/c14-15-10-11-6-8-13(9-7-11)16-12-4-2-1-3-5-12;1-3-2/h1-9,15H,10,14H2;1-2H2. The van der Waals surface area contributed by atoms with Crippen LogP contribution in [0.5, 0.6) is 11.5 Å². The minimum Gasteiger partial charge on any atom is -0.457 e. The van der Waals surface area contributed by atoms with Crippen LogP contribution in [0.1, 0.15) is 5.56 Å². The van der Waals surface area contributed by atoms with Gasteiger partial charge < -0.3 is 10.6 Å². The number of nitrogens with one attached hydrogen (secondary N) is 1. The third-order valence-electron chi connectivity index (χ3n) is 2.21. The lowest BCUT2D eigenvalue weighted by atomic mass is 10.2. The first-order valence-electron chi connectivity index (χ1n) is 5.71. The molecule has 0 atom stereocenters. The van der Waals surface area contributed by atoms with Gasteiger partial charge in [-0.25, -0.2) is 0 Å². The summed E-state index contributed by atoms with van der Waals surface area (Å²) < 4.78 is 5.66. The number of para-hydroxylation sites is 1. The van der Waals surface area contributed by atoms with Crippen LogP contribution in [0.15, 0.2) is 59.7 Å². The molecule has 0 bridgehead atoms. The molecular formula is C14H18N4O. The second-order valence-electron chi connectivity index (χ2n) is 3.62. The number of rotatable bonds is 4. The van der Waals surface area contributed by atoms with Crippen molar-refractivity contribution in [3.8, 4) is 11.5 Å². The zero-order valence-electron chi connectivity index (χ0n) is 10.6. The summed E-state index contributed by atoms with van der Waals surface area (Å²) in [4.78, 5) is 0. The van der Waals surface area contributed by atoms with E-state index in [0.717, 1.165) is 17.1 Å². The number of hydrogen-bond acceptors (Lipinski definition) is 5. The molecular weight excluding hydrogens is 240 g/mol. The molecule has 0 unspecified atom stereocenters. The summed E-state index contributed by atoms with van der Waals surface area (Å²) in [6.07, 6.45) is 0. The molecule has 100 valence electrons. The second kappa shape index (κ2) is 8.68. The summed E-state index contributed by atoms with van der Waals surface area (Å²) in [6.45, 7) is 3.55. The van der Waals surface area contributed by atoms with E-state index in [1.807, 2.05) is 54.6 Å². The van der Waals surface area contributed by atoms with Crippen LogP contribution < -0.4 is 21.8 Å². The zero-order chi connectivity index (χ0) is 13.9. The minimum absolute atomic E-state index is 0.658. The van der Waals surface area contributed by atoms with Gasteiger partial charge in [-0.1, -0.05) is 30.3 Å². The van der Waals surface area contributed by atoms with Crippen molar-refractivity contribution in [3.63, 3.8) is 0 Å². The van der Waals surface area contributed by atoms with Crippen LogP contribution in [-0.2, 0) is 6.54 Å². The Labute approximate surface area is 112 Å². The molecule has 0 aliphatic carbocycles. The maximum absolute atomic E-state index is 5.66. The van der Waals surface area contributed by atoms with Gasteiger partial charge in [-0.2, -0.15) is 5.10 Å². The van der Waals surface area contributed by atoms with E-state index in [2.05, 4.69) is 23.1 Å². The van der Waals surface area contributed by atoms with E-state index in [1.54, 1.807) is 0 Å². The fourth-order valence-electron chi connectivity index (χ4n) is 1.42. The highest BCUT2D eigenvalue weighted by molar-refractivity contribution is 5.32. The Balaban J connectivity index is 0.000000550. The number of nitrogens with zero attached hydrogens (tertiary/aromatic N) is 1. The smallest absolute Gasteiger partial charge is 0.127 e. The predicted molar refractivity (Wildman–Crippen MR) is 77.7 cm³/mol. The van der Waals surface area contributed by atoms with Gasteiger partial charge in [0.05, 0.1) is 0 Å². The fraction of sp³-hybridized carbons (Fsp3) is 0.0714. The third-order valence-corrected chi connectivity index (χ3v) is 2.21. The lowest BCUT2D eigenvalue weighted by molar-refractivity contribution is 0.482. The molecule has 0 aromatic heterocycles. The van der Waals surface area contributed by atoms with E-state index in [4.69, 9.17) is 10.6 Å². The van der Waals surface area contributed by atoms with Crippen LogP contribution in [0, 0.1) is 0 Å². The molecule has 0 spiro atoms. The largest absolute Gasteiger partial charge is 0.457 e. The predicted octanol–water partition coefficient (Wildman–Crippen LogP) is 2.00. The molecule has 0 aliphatic heterocycles.